The lowest BCUT2D eigenvalue weighted by Gasteiger charge is -2.29. The van der Waals surface area contributed by atoms with Crippen LogP contribution in [0, 0.1) is 0 Å². The van der Waals surface area contributed by atoms with Crippen molar-refractivity contribution in [2.45, 2.75) is 25.4 Å². The van der Waals surface area contributed by atoms with Gasteiger partial charge in [0.15, 0.2) is 5.96 Å². The smallest absolute Gasteiger partial charge is 0.191 e. The lowest BCUT2D eigenvalue weighted by atomic mass is 10.1. The summed E-state index contributed by atoms with van der Waals surface area (Å²) in [5.41, 5.74) is 2.48. The van der Waals surface area contributed by atoms with Crippen LogP contribution in [0.1, 0.15) is 30.0 Å². The van der Waals surface area contributed by atoms with Crippen LogP contribution in [0.15, 0.2) is 59.6 Å². The van der Waals surface area contributed by atoms with Gasteiger partial charge in [0.1, 0.15) is 12.4 Å². The minimum absolute atomic E-state index is 0. The number of nitrogens with one attached hydrogen (secondary N) is 2. The number of guanidine groups is 1. The van der Waals surface area contributed by atoms with E-state index in [9.17, 15) is 0 Å². The molecular weight excluding hydrogens is 513 g/mol. The summed E-state index contributed by atoms with van der Waals surface area (Å²) in [6, 6.07) is 19.3. The molecule has 0 saturated carbocycles. The molecule has 0 aliphatic carbocycles. The third-order valence-electron chi connectivity index (χ3n) is 5.67. The Morgan fingerprint density at radius 3 is 2.41 bits per heavy atom. The molecule has 176 valence electrons. The number of hydrogen-bond acceptors (Lipinski definition) is 4. The van der Waals surface area contributed by atoms with Crippen LogP contribution in [-0.4, -0.2) is 69.7 Å². The lowest BCUT2D eigenvalue weighted by molar-refractivity contribution is 0.245. The first-order chi connectivity index (χ1) is 15.2. The number of rotatable bonds is 10. The maximum atomic E-state index is 5.99. The van der Waals surface area contributed by atoms with Crippen LogP contribution in [0.25, 0.3) is 0 Å². The zero-order chi connectivity index (χ0) is 21.9. The molecular formula is C25H38IN5O. The molecule has 1 saturated heterocycles. The van der Waals surface area contributed by atoms with Gasteiger partial charge in [0.2, 0.25) is 0 Å². The van der Waals surface area contributed by atoms with Crippen molar-refractivity contribution in [1.29, 1.82) is 0 Å². The summed E-state index contributed by atoms with van der Waals surface area (Å²) in [5.74, 6) is 1.73. The van der Waals surface area contributed by atoms with Crippen molar-refractivity contribution in [3.8, 4) is 5.75 Å². The number of likely N-dealkylation sites (tertiary alicyclic amines) is 1. The Morgan fingerprint density at radius 2 is 1.72 bits per heavy atom. The van der Waals surface area contributed by atoms with E-state index in [4.69, 9.17) is 4.74 Å². The Hall–Kier alpha value is -1.84. The summed E-state index contributed by atoms with van der Waals surface area (Å²) in [5, 5.41) is 7.00. The number of halogens is 1. The van der Waals surface area contributed by atoms with Crippen LogP contribution in [0.3, 0.4) is 0 Å². The second-order valence-electron chi connectivity index (χ2n) is 8.24. The van der Waals surface area contributed by atoms with Gasteiger partial charge in [0.25, 0.3) is 0 Å². The average Bonchev–Trinajstić information content (AvgIpc) is 3.32. The number of aliphatic imine (C=N–C) groups is 1. The molecule has 0 spiro atoms. The van der Waals surface area contributed by atoms with Crippen LogP contribution >= 0.6 is 24.0 Å². The summed E-state index contributed by atoms with van der Waals surface area (Å²) < 4.78 is 5.99. The molecule has 1 unspecified atom stereocenters. The van der Waals surface area contributed by atoms with E-state index >= 15 is 0 Å². The van der Waals surface area contributed by atoms with Crippen LogP contribution in [0.4, 0.5) is 0 Å². The third kappa shape index (κ3) is 8.26. The van der Waals surface area contributed by atoms with Gasteiger partial charge in [-0.2, -0.15) is 0 Å². The molecule has 1 aliphatic rings. The first-order valence-corrected chi connectivity index (χ1v) is 11.3. The van der Waals surface area contributed by atoms with Crippen LogP contribution in [0.5, 0.6) is 5.75 Å². The average molecular weight is 552 g/mol. The van der Waals surface area contributed by atoms with E-state index in [1.165, 1.54) is 18.4 Å². The molecule has 3 rings (SSSR count). The molecule has 0 bridgehead atoms. The third-order valence-corrected chi connectivity index (χ3v) is 5.67. The summed E-state index contributed by atoms with van der Waals surface area (Å²) in [6.45, 7) is 5.37. The first-order valence-electron chi connectivity index (χ1n) is 11.3. The lowest BCUT2D eigenvalue weighted by Crippen LogP contribution is -2.42. The van der Waals surface area contributed by atoms with Gasteiger partial charge in [0, 0.05) is 32.2 Å². The van der Waals surface area contributed by atoms with Crippen molar-refractivity contribution in [3.63, 3.8) is 0 Å². The molecule has 2 N–H and O–H groups in total. The van der Waals surface area contributed by atoms with E-state index in [-0.39, 0.29) is 24.0 Å². The van der Waals surface area contributed by atoms with Gasteiger partial charge in [-0.25, -0.2) is 0 Å². The Kier molecular flexibility index (Phi) is 11.8. The van der Waals surface area contributed by atoms with Gasteiger partial charge in [-0.3, -0.25) is 9.89 Å². The second-order valence-corrected chi connectivity index (χ2v) is 8.24. The van der Waals surface area contributed by atoms with Crippen molar-refractivity contribution in [1.82, 2.24) is 20.4 Å². The first kappa shape index (κ1) is 26.4. The standard InChI is InChI=1S/C25H37N5O.HI/c1-26-25(27-19-22-13-7-8-14-24(22)31-18-17-29(2)3)28-20-23(30-15-9-10-16-30)21-11-5-4-6-12-21;/h4-8,11-14,23H,9-10,15-20H2,1-3H3,(H2,26,27,28);1H. The topological polar surface area (TPSA) is 52.1 Å². The zero-order valence-electron chi connectivity index (χ0n) is 19.6. The van der Waals surface area contributed by atoms with Gasteiger partial charge in [0.05, 0.1) is 6.04 Å². The van der Waals surface area contributed by atoms with Crippen molar-refractivity contribution < 1.29 is 4.74 Å². The molecule has 0 radical (unpaired) electrons. The molecule has 2 aromatic rings. The van der Waals surface area contributed by atoms with E-state index in [1.807, 2.05) is 25.2 Å². The fourth-order valence-corrected chi connectivity index (χ4v) is 3.91. The van der Waals surface area contributed by atoms with Crippen molar-refractivity contribution in [2.24, 2.45) is 4.99 Å². The van der Waals surface area contributed by atoms with Crippen LogP contribution in [0.2, 0.25) is 0 Å². The minimum Gasteiger partial charge on any atom is -0.492 e. The fraction of sp³-hybridized carbons (Fsp3) is 0.480. The highest BCUT2D eigenvalue weighted by molar-refractivity contribution is 14.0. The number of nitrogens with zero attached hydrogens (tertiary/aromatic N) is 3. The predicted octanol–water partition coefficient (Wildman–Crippen LogP) is 3.75. The summed E-state index contributed by atoms with van der Waals surface area (Å²) in [6.07, 6.45) is 2.56. The van der Waals surface area contributed by atoms with Crippen molar-refractivity contribution in [2.75, 3.05) is 53.9 Å². The van der Waals surface area contributed by atoms with Gasteiger partial charge in [-0.15, -0.1) is 24.0 Å². The summed E-state index contributed by atoms with van der Waals surface area (Å²) in [4.78, 5) is 9.13. The monoisotopic (exact) mass is 551 g/mol. The van der Waals surface area contributed by atoms with E-state index < -0.39 is 0 Å². The fourth-order valence-electron chi connectivity index (χ4n) is 3.91. The largest absolute Gasteiger partial charge is 0.492 e. The van der Waals surface area contributed by atoms with Gasteiger partial charge in [-0.05, 0) is 51.7 Å². The molecule has 2 aromatic carbocycles. The molecule has 0 amide bonds. The number of hydrogen-bond donors (Lipinski definition) is 2. The van der Waals surface area contributed by atoms with Gasteiger partial charge in [-0.1, -0.05) is 48.5 Å². The van der Waals surface area contributed by atoms with Gasteiger partial charge < -0.3 is 20.3 Å². The van der Waals surface area contributed by atoms with Crippen LogP contribution in [-0.2, 0) is 6.54 Å². The van der Waals surface area contributed by atoms with Crippen molar-refractivity contribution in [3.05, 3.63) is 65.7 Å². The molecule has 1 heterocycles. The van der Waals surface area contributed by atoms with E-state index in [0.29, 0.717) is 19.2 Å². The number of para-hydroxylation sites is 1. The van der Waals surface area contributed by atoms with E-state index in [0.717, 1.165) is 43.5 Å². The normalized spacial score (nSPS) is 15.3. The van der Waals surface area contributed by atoms with E-state index in [1.54, 1.807) is 0 Å². The zero-order valence-corrected chi connectivity index (χ0v) is 21.9. The number of benzene rings is 2. The predicted molar refractivity (Wildman–Crippen MR) is 144 cm³/mol. The highest BCUT2D eigenvalue weighted by Gasteiger charge is 2.23. The number of likely N-dealkylation sites (N-methyl/N-ethyl adjacent to an activating group) is 1. The Balaban J connectivity index is 0.00000363. The maximum Gasteiger partial charge on any atom is 0.191 e. The maximum absolute atomic E-state index is 5.99. The Bertz CT molecular complexity index is 809. The second kappa shape index (κ2) is 14.3. The summed E-state index contributed by atoms with van der Waals surface area (Å²) >= 11 is 0. The highest BCUT2D eigenvalue weighted by Crippen LogP contribution is 2.24. The molecule has 6 nitrogen and oxygen atoms in total. The van der Waals surface area contributed by atoms with Gasteiger partial charge >= 0.3 is 0 Å². The Labute approximate surface area is 210 Å². The SMILES string of the molecule is CN=C(NCc1ccccc1OCCN(C)C)NCC(c1ccccc1)N1CCCC1.I. The molecule has 1 aliphatic heterocycles. The molecule has 1 fully saturated rings. The minimum atomic E-state index is 0. The molecule has 32 heavy (non-hydrogen) atoms. The summed E-state index contributed by atoms with van der Waals surface area (Å²) in [7, 11) is 5.93. The van der Waals surface area contributed by atoms with Crippen LogP contribution < -0.4 is 15.4 Å². The molecule has 1 atom stereocenters. The van der Waals surface area contributed by atoms with E-state index in [2.05, 4.69) is 75.9 Å². The molecule has 0 aromatic heterocycles. The quantitative estimate of drug-likeness (QED) is 0.268. The Morgan fingerprint density at radius 1 is 1.03 bits per heavy atom. The highest BCUT2D eigenvalue weighted by atomic mass is 127. The number of ether oxygens (including phenoxy) is 1. The van der Waals surface area contributed by atoms with Crippen molar-refractivity contribution >= 4 is 29.9 Å². The molecule has 7 heteroatoms.